The first kappa shape index (κ1) is 30.5. The fourth-order valence-electron chi connectivity index (χ4n) is 5.25. The molecule has 12 heteroatoms. The van der Waals surface area contributed by atoms with E-state index in [1.807, 2.05) is 18.2 Å². The average Bonchev–Trinajstić information content (AvgIpc) is 3.73. The Morgan fingerprint density at radius 1 is 1.09 bits per heavy atom. The molecule has 3 heterocycles. The lowest BCUT2D eigenvalue weighted by Crippen LogP contribution is -2.31. The van der Waals surface area contributed by atoms with E-state index >= 15 is 0 Å². The van der Waals surface area contributed by atoms with Crippen LogP contribution in [0.1, 0.15) is 37.5 Å². The van der Waals surface area contributed by atoms with Gasteiger partial charge in [0.1, 0.15) is 6.61 Å². The van der Waals surface area contributed by atoms with Crippen LogP contribution in [0.15, 0.2) is 89.0 Å². The van der Waals surface area contributed by atoms with Gasteiger partial charge in [-0.15, -0.1) is 21.5 Å². The van der Waals surface area contributed by atoms with Crippen molar-refractivity contribution in [3.8, 4) is 11.5 Å². The Bertz CT molecular complexity index is 1980. The summed E-state index contributed by atoms with van der Waals surface area (Å²) in [4.78, 5) is 33.8. The van der Waals surface area contributed by atoms with Crippen molar-refractivity contribution < 1.29 is 24.2 Å². The zero-order chi connectivity index (χ0) is 31.7. The van der Waals surface area contributed by atoms with Crippen molar-refractivity contribution in [2.75, 3.05) is 18.6 Å². The number of hydrogen-bond donors (Lipinski definition) is 1. The van der Waals surface area contributed by atoms with Gasteiger partial charge in [-0.2, -0.15) is 0 Å². The van der Waals surface area contributed by atoms with Crippen molar-refractivity contribution in [1.29, 1.82) is 0 Å². The minimum Gasteiger partial charge on any atom is -0.503 e. The average molecular weight is 657 g/mol. The number of carbonyl (C=O) groups excluding carboxylic acids is 2. The SMILES string of the molecule is C=CCOc1ccc(C2C(C(=O)c3sc(C)nc3C)=C(O)C(=O)N2c2nnc(SCc3cccc4ccccc34)s2)cc1OC. The molecule has 0 saturated heterocycles. The van der Waals surface area contributed by atoms with Crippen molar-refractivity contribution in [2.45, 2.75) is 30.0 Å². The van der Waals surface area contributed by atoms with E-state index in [2.05, 4.69) is 46.0 Å². The van der Waals surface area contributed by atoms with Crippen molar-refractivity contribution >= 4 is 62.0 Å². The molecule has 0 fully saturated rings. The Morgan fingerprint density at radius 2 is 1.89 bits per heavy atom. The molecule has 3 aromatic carbocycles. The van der Waals surface area contributed by atoms with Crippen LogP contribution < -0.4 is 14.4 Å². The van der Waals surface area contributed by atoms with Gasteiger partial charge in [-0.1, -0.05) is 84.3 Å². The van der Waals surface area contributed by atoms with E-state index in [4.69, 9.17) is 9.47 Å². The lowest BCUT2D eigenvalue weighted by Gasteiger charge is -2.24. The molecule has 1 amide bonds. The van der Waals surface area contributed by atoms with Crippen LogP contribution in [0.5, 0.6) is 11.5 Å². The third-order valence-corrected chi connectivity index (χ3v) is 10.4. The number of aryl methyl sites for hydroxylation is 2. The van der Waals surface area contributed by atoms with Gasteiger partial charge in [-0.05, 0) is 47.9 Å². The van der Waals surface area contributed by atoms with Crippen LogP contribution in [0.25, 0.3) is 10.8 Å². The van der Waals surface area contributed by atoms with E-state index in [0.29, 0.717) is 42.7 Å². The summed E-state index contributed by atoms with van der Waals surface area (Å²) in [5.41, 5.74) is 2.14. The number of hydrogen-bond acceptors (Lipinski definition) is 11. The number of ether oxygens (including phenoxy) is 2. The second-order valence-electron chi connectivity index (χ2n) is 10.1. The van der Waals surface area contributed by atoms with E-state index < -0.39 is 23.5 Å². The molecular weight excluding hydrogens is 629 g/mol. The fourth-order valence-corrected chi connectivity index (χ4v) is 8.00. The number of fused-ring (bicyclic) bond motifs is 1. The molecule has 0 spiro atoms. The number of carbonyl (C=O) groups is 2. The summed E-state index contributed by atoms with van der Waals surface area (Å²) in [6.07, 6.45) is 1.62. The lowest BCUT2D eigenvalue weighted by atomic mass is 9.95. The number of Topliss-reactive ketones (excluding diaryl/α,β-unsaturated/α-hetero) is 1. The molecule has 0 bridgehead atoms. The standard InChI is InChI=1S/C33H28N4O5S3/c1-5-15-42-24-14-13-21(16-25(24)41-4)27-26(28(38)30-18(2)34-19(3)44-30)29(39)31(40)37(27)32-35-36-33(45-32)43-17-22-11-8-10-20-9-6-7-12-23(20)22/h5-14,16,27,39H,1,15,17H2,2-4H3. The Labute approximate surface area is 271 Å². The Kier molecular flexibility index (Phi) is 8.70. The Balaban J connectivity index is 1.37. The van der Waals surface area contributed by atoms with E-state index in [0.717, 1.165) is 16.3 Å². The zero-order valence-corrected chi connectivity index (χ0v) is 27.1. The molecule has 9 nitrogen and oxygen atoms in total. The van der Waals surface area contributed by atoms with Crippen LogP contribution >= 0.6 is 34.4 Å². The molecule has 228 valence electrons. The smallest absolute Gasteiger partial charge is 0.296 e. The van der Waals surface area contributed by atoms with Gasteiger partial charge in [0, 0.05) is 5.75 Å². The van der Waals surface area contributed by atoms with E-state index in [9.17, 15) is 14.7 Å². The predicted octanol–water partition coefficient (Wildman–Crippen LogP) is 7.41. The topological polar surface area (TPSA) is 115 Å². The molecule has 1 aliphatic rings. The number of nitrogens with zero attached hydrogens (tertiary/aromatic N) is 4. The quantitative estimate of drug-likeness (QED) is 0.0672. The maximum absolute atomic E-state index is 14.0. The highest BCUT2D eigenvalue weighted by atomic mass is 32.2. The number of thiazole rings is 1. The maximum Gasteiger partial charge on any atom is 0.296 e. The van der Waals surface area contributed by atoms with Gasteiger partial charge in [0.2, 0.25) is 10.9 Å². The van der Waals surface area contributed by atoms with E-state index in [-0.39, 0.29) is 17.3 Å². The summed E-state index contributed by atoms with van der Waals surface area (Å²) in [5, 5.41) is 23.2. The lowest BCUT2D eigenvalue weighted by molar-refractivity contribution is -0.117. The van der Waals surface area contributed by atoms with Gasteiger partial charge in [0.15, 0.2) is 21.6 Å². The van der Waals surface area contributed by atoms with Gasteiger partial charge >= 0.3 is 0 Å². The number of aromatic nitrogens is 3. The van der Waals surface area contributed by atoms with E-state index in [1.165, 1.54) is 46.4 Å². The number of benzene rings is 3. The highest BCUT2D eigenvalue weighted by Gasteiger charge is 2.47. The minimum atomic E-state index is -1.00. The predicted molar refractivity (Wildman–Crippen MR) is 178 cm³/mol. The van der Waals surface area contributed by atoms with Crippen LogP contribution in [0.4, 0.5) is 5.13 Å². The first-order chi connectivity index (χ1) is 21.8. The molecule has 0 aliphatic carbocycles. The van der Waals surface area contributed by atoms with Crippen LogP contribution in [0, 0.1) is 13.8 Å². The molecule has 0 saturated carbocycles. The highest BCUT2D eigenvalue weighted by Crippen LogP contribution is 2.46. The molecule has 1 unspecified atom stereocenters. The number of aliphatic hydroxyl groups is 1. The van der Waals surface area contributed by atoms with Gasteiger partial charge in [0.25, 0.3) is 5.91 Å². The number of thioether (sulfide) groups is 1. The molecule has 1 atom stereocenters. The molecular formula is C33H28N4O5S3. The summed E-state index contributed by atoms with van der Waals surface area (Å²) in [5.74, 6) is -0.342. The fraction of sp³-hybridized carbons (Fsp3) is 0.182. The van der Waals surface area contributed by atoms with Gasteiger partial charge in [-0.3, -0.25) is 14.5 Å². The van der Waals surface area contributed by atoms with Crippen LogP contribution in [-0.2, 0) is 10.5 Å². The number of rotatable bonds is 11. The summed E-state index contributed by atoms with van der Waals surface area (Å²) in [6.45, 7) is 7.49. The molecule has 0 radical (unpaired) electrons. The van der Waals surface area contributed by atoms with E-state index in [1.54, 1.807) is 38.1 Å². The van der Waals surface area contributed by atoms with Crippen LogP contribution in [0.2, 0.25) is 0 Å². The summed E-state index contributed by atoms with van der Waals surface area (Å²) >= 11 is 3.94. The van der Waals surface area contributed by atoms with Crippen molar-refractivity contribution in [1.82, 2.24) is 15.2 Å². The number of ketones is 1. The second kappa shape index (κ2) is 12.8. The first-order valence-corrected chi connectivity index (χ1v) is 16.5. The number of methoxy groups -OCH3 is 1. The summed E-state index contributed by atoms with van der Waals surface area (Å²) < 4.78 is 12.0. The molecule has 2 aromatic heterocycles. The number of amides is 1. The summed E-state index contributed by atoms with van der Waals surface area (Å²) in [7, 11) is 1.50. The van der Waals surface area contributed by atoms with Gasteiger partial charge in [0.05, 0.1) is 34.3 Å². The summed E-state index contributed by atoms with van der Waals surface area (Å²) in [6, 6.07) is 18.5. The monoisotopic (exact) mass is 656 g/mol. The third-order valence-electron chi connectivity index (χ3n) is 7.26. The maximum atomic E-state index is 14.0. The minimum absolute atomic E-state index is 0.0614. The van der Waals surface area contributed by atoms with Gasteiger partial charge in [-0.25, -0.2) is 4.98 Å². The first-order valence-electron chi connectivity index (χ1n) is 13.9. The third kappa shape index (κ3) is 5.84. The van der Waals surface area contributed by atoms with Crippen molar-refractivity contribution in [2.24, 2.45) is 0 Å². The van der Waals surface area contributed by atoms with Gasteiger partial charge < -0.3 is 14.6 Å². The Hall–Kier alpha value is -4.52. The van der Waals surface area contributed by atoms with Crippen molar-refractivity contribution in [3.05, 3.63) is 111 Å². The van der Waals surface area contributed by atoms with Crippen LogP contribution in [0.3, 0.4) is 0 Å². The number of aliphatic hydroxyl groups excluding tert-OH is 1. The largest absolute Gasteiger partial charge is 0.503 e. The molecule has 1 aliphatic heterocycles. The van der Waals surface area contributed by atoms with Crippen molar-refractivity contribution in [3.63, 3.8) is 0 Å². The molecule has 5 aromatic rings. The molecule has 45 heavy (non-hydrogen) atoms. The molecule has 1 N–H and O–H groups in total. The zero-order valence-electron chi connectivity index (χ0n) is 24.6. The Morgan fingerprint density at radius 3 is 2.64 bits per heavy atom. The normalized spacial score (nSPS) is 14.8. The second-order valence-corrected chi connectivity index (χ2v) is 13.5. The number of anilines is 1. The molecule has 6 rings (SSSR count). The highest BCUT2D eigenvalue weighted by molar-refractivity contribution is 8.00. The van der Waals surface area contributed by atoms with Crippen LogP contribution in [-0.4, -0.2) is 45.7 Å².